The van der Waals surface area contributed by atoms with Crippen molar-refractivity contribution in [3.05, 3.63) is 65.0 Å². The predicted molar refractivity (Wildman–Crippen MR) is 108 cm³/mol. The number of carboxylic acid groups (broad SMARTS) is 1. The summed E-state index contributed by atoms with van der Waals surface area (Å²) in [5.41, 5.74) is 3.78. The van der Waals surface area contributed by atoms with Gasteiger partial charge in [0.05, 0.1) is 16.8 Å². The Bertz CT molecular complexity index is 961. The van der Waals surface area contributed by atoms with Gasteiger partial charge in [0, 0.05) is 29.6 Å². The number of aromatic carboxylic acids is 1. The van der Waals surface area contributed by atoms with Gasteiger partial charge in [0.25, 0.3) is 0 Å². The SMILES string of the molecule is CCN1c2cc(F)c(C=Nc3cccc(C(=O)O)c3)cc2C(C)=CC1(C)C. The van der Waals surface area contributed by atoms with E-state index in [9.17, 15) is 9.18 Å². The van der Waals surface area contributed by atoms with Crippen molar-refractivity contribution >= 4 is 29.1 Å². The molecule has 4 nitrogen and oxygen atoms in total. The molecular weight excluding hydrogens is 343 g/mol. The number of anilines is 1. The van der Waals surface area contributed by atoms with Gasteiger partial charge in [-0.2, -0.15) is 0 Å². The van der Waals surface area contributed by atoms with Gasteiger partial charge in [-0.15, -0.1) is 0 Å². The fourth-order valence-electron chi connectivity index (χ4n) is 3.65. The molecule has 2 aromatic carbocycles. The van der Waals surface area contributed by atoms with Gasteiger partial charge in [-0.1, -0.05) is 12.1 Å². The van der Waals surface area contributed by atoms with Gasteiger partial charge in [-0.3, -0.25) is 4.99 Å². The predicted octanol–water partition coefficient (Wildman–Crippen LogP) is 5.30. The number of carbonyl (C=O) groups is 1. The van der Waals surface area contributed by atoms with Gasteiger partial charge in [0.1, 0.15) is 5.82 Å². The summed E-state index contributed by atoms with van der Waals surface area (Å²) in [5.74, 6) is -1.37. The van der Waals surface area contributed by atoms with E-state index in [4.69, 9.17) is 5.11 Å². The van der Waals surface area contributed by atoms with Crippen molar-refractivity contribution in [3.63, 3.8) is 0 Å². The van der Waals surface area contributed by atoms with Crippen LogP contribution in [0.25, 0.3) is 5.57 Å². The molecule has 27 heavy (non-hydrogen) atoms. The molecule has 0 fully saturated rings. The third kappa shape index (κ3) is 3.63. The molecule has 0 atom stereocenters. The highest BCUT2D eigenvalue weighted by atomic mass is 19.1. The van der Waals surface area contributed by atoms with Crippen molar-refractivity contribution in [2.24, 2.45) is 4.99 Å². The van der Waals surface area contributed by atoms with Crippen LogP contribution in [0.4, 0.5) is 15.8 Å². The monoisotopic (exact) mass is 366 g/mol. The first kappa shape index (κ1) is 18.8. The molecule has 1 N–H and O–H groups in total. The van der Waals surface area contributed by atoms with Gasteiger partial charge < -0.3 is 10.0 Å². The Morgan fingerprint density at radius 3 is 2.70 bits per heavy atom. The Morgan fingerprint density at radius 2 is 2.04 bits per heavy atom. The highest BCUT2D eigenvalue weighted by Gasteiger charge is 2.30. The zero-order valence-corrected chi connectivity index (χ0v) is 16.0. The lowest BCUT2D eigenvalue weighted by Gasteiger charge is -2.42. The average molecular weight is 366 g/mol. The van der Waals surface area contributed by atoms with Crippen LogP contribution in [0.2, 0.25) is 0 Å². The van der Waals surface area contributed by atoms with Crippen LogP contribution in [-0.4, -0.2) is 29.4 Å². The third-order valence-electron chi connectivity index (χ3n) is 4.86. The van der Waals surface area contributed by atoms with Crippen LogP contribution >= 0.6 is 0 Å². The molecule has 1 heterocycles. The summed E-state index contributed by atoms with van der Waals surface area (Å²) < 4.78 is 14.7. The van der Waals surface area contributed by atoms with Gasteiger partial charge in [0.2, 0.25) is 0 Å². The summed E-state index contributed by atoms with van der Waals surface area (Å²) in [7, 11) is 0. The van der Waals surface area contributed by atoms with Crippen molar-refractivity contribution in [2.45, 2.75) is 33.2 Å². The summed E-state index contributed by atoms with van der Waals surface area (Å²) in [6.07, 6.45) is 3.63. The zero-order chi connectivity index (χ0) is 19.8. The number of halogens is 1. The van der Waals surface area contributed by atoms with E-state index >= 15 is 0 Å². The van der Waals surface area contributed by atoms with E-state index in [1.54, 1.807) is 24.3 Å². The molecule has 0 bridgehead atoms. The summed E-state index contributed by atoms with van der Waals surface area (Å²) in [5, 5.41) is 9.07. The van der Waals surface area contributed by atoms with Gasteiger partial charge in [-0.25, -0.2) is 9.18 Å². The number of nitrogens with zero attached hydrogens (tertiary/aromatic N) is 2. The lowest BCUT2D eigenvalue weighted by Crippen LogP contribution is -2.45. The Kier molecular flexibility index (Phi) is 4.87. The maximum absolute atomic E-state index is 14.7. The number of allylic oxidation sites excluding steroid dienone is 1. The molecule has 0 radical (unpaired) electrons. The van der Waals surface area contributed by atoms with Crippen molar-refractivity contribution in [3.8, 4) is 0 Å². The minimum atomic E-state index is -1.02. The van der Waals surface area contributed by atoms with E-state index in [0.29, 0.717) is 11.3 Å². The zero-order valence-electron chi connectivity index (χ0n) is 16.0. The molecule has 2 aromatic rings. The molecule has 0 aliphatic carbocycles. The van der Waals surface area contributed by atoms with Crippen molar-refractivity contribution in [1.29, 1.82) is 0 Å². The third-order valence-corrected chi connectivity index (χ3v) is 4.86. The quantitative estimate of drug-likeness (QED) is 0.748. The van der Waals surface area contributed by atoms with Crippen LogP contribution in [0.5, 0.6) is 0 Å². The average Bonchev–Trinajstić information content (AvgIpc) is 2.60. The van der Waals surface area contributed by atoms with E-state index < -0.39 is 5.97 Å². The lowest BCUT2D eigenvalue weighted by molar-refractivity contribution is 0.0697. The normalized spacial score (nSPS) is 15.6. The van der Waals surface area contributed by atoms with E-state index in [0.717, 1.165) is 23.4 Å². The number of benzene rings is 2. The maximum atomic E-state index is 14.7. The molecule has 0 saturated carbocycles. The van der Waals surface area contributed by atoms with Crippen LogP contribution in [-0.2, 0) is 0 Å². The molecule has 1 aliphatic rings. The molecule has 0 unspecified atom stereocenters. The van der Waals surface area contributed by atoms with Crippen LogP contribution in [0.1, 0.15) is 49.2 Å². The first-order valence-electron chi connectivity index (χ1n) is 8.91. The number of hydrogen-bond acceptors (Lipinski definition) is 3. The minimum Gasteiger partial charge on any atom is -0.478 e. The molecule has 0 aromatic heterocycles. The molecule has 5 heteroatoms. The number of rotatable bonds is 4. The van der Waals surface area contributed by atoms with Crippen molar-refractivity contribution < 1.29 is 14.3 Å². The highest BCUT2D eigenvalue weighted by Crippen LogP contribution is 2.39. The summed E-state index contributed by atoms with van der Waals surface area (Å²) in [6.45, 7) is 9.10. The van der Waals surface area contributed by atoms with Gasteiger partial charge in [0.15, 0.2) is 0 Å². The maximum Gasteiger partial charge on any atom is 0.335 e. The highest BCUT2D eigenvalue weighted by molar-refractivity contribution is 5.91. The largest absolute Gasteiger partial charge is 0.478 e. The molecule has 0 spiro atoms. The number of carboxylic acids is 1. The second-order valence-corrected chi connectivity index (χ2v) is 7.23. The summed E-state index contributed by atoms with van der Waals surface area (Å²) in [6, 6.07) is 9.63. The van der Waals surface area contributed by atoms with Crippen LogP contribution < -0.4 is 4.90 Å². The molecule has 0 saturated heterocycles. The molecule has 140 valence electrons. The van der Waals surface area contributed by atoms with Crippen LogP contribution in [0, 0.1) is 5.82 Å². The van der Waals surface area contributed by atoms with Crippen LogP contribution in [0.15, 0.2) is 47.5 Å². The van der Waals surface area contributed by atoms with E-state index in [1.165, 1.54) is 18.3 Å². The van der Waals surface area contributed by atoms with E-state index in [-0.39, 0.29) is 16.9 Å². The fraction of sp³-hybridized carbons (Fsp3) is 0.273. The standard InChI is InChI=1S/C22H23FN2O2/c1-5-25-20-11-19(23)16(10-18(20)14(2)12-22(25,3)4)13-24-17-8-6-7-15(9-17)21(26)27/h6-13H,5H2,1-4H3,(H,26,27). The van der Waals surface area contributed by atoms with E-state index in [2.05, 4.69) is 36.7 Å². The van der Waals surface area contributed by atoms with Crippen molar-refractivity contribution in [1.82, 2.24) is 0 Å². The summed E-state index contributed by atoms with van der Waals surface area (Å²) in [4.78, 5) is 17.5. The smallest absolute Gasteiger partial charge is 0.335 e. The second-order valence-electron chi connectivity index (χ2n) is 7.23. The number of hydrogen-bond donors (Lipinski definition) is 1. The minimum absolute atomic E-state index is 0.148. The summed E-state index contributed by atoms with van der Waals surface area (Å²) >= 11 is 0. The number of fused-ring (bicyclic) bond motifs is 1. The molecular formula is C22H23FN2O2. The molecule has 0 amide bonds. The van der Waals surface area contributed by atoms with Gasteiger partial charge in [-0.05, 0) is 63.6 Å². The van der Waals surface area contributed by atoms with Crippen LogP contribution in [0.3, 0.4) is 0 Å². The Morgan fingerprint density at radius 1 is 1.30 bits per heavy atom. The van der Waals surface area contributed by atoms with Gasteiger partial charge >= 0.3 is 5.97 Å². The van der Waals surface area contributed by atoms with Crippen molar-refractivity contribution in [2.75, 3.05) is 11.4 Å². The van der Waals surface area contributed by atoms with E-state index in [1.807, 2.05) is 6.92 Å². The molecule has 3 rings (SSSR count). The number of aliphatic imine (C=N–C) groups is 1. The topological polar surface area (TPSA) is 52.9 Å². The Balaban J connectivity index is 2.01. The number of likely N-dealkylation sites (N-methyl/N-ethyl adjacent to an activating group) is 1. The molecule has 1 aliphatic heterocycles. The lowest BCUT2D eigenvalue weighted by atomic mass is 9.88. The second kappa shape index (κ2) is 6.99. The Labute approximate surface area is 158 Å². The fourth-order valence-corrected chi connectivity index (χ4v) is 3.65. The first-order valence-corrected chi connectivity index (χ1v) is 8.91. The first-order chi connectivity index (χ1) is 12.7. The Hall–Kier alpha value is -2.95.